The summed E-state index contributed by atoms with van der Waals surface area (Å²) in [5, 5.41) is 10.1. The molecule has 14 heteroatoms. The molecule has 280 valence electrons. The highest BCUT2D eigenvalue weighted by Gasteiger charge is 2.59. The zero-order valence-electron chi connectivity index (χ0n) is 30.7. The van der Waals surface area contributed by atoms with Crippen molar-refractivity contribution in [3.05, 3.63) is 41.8 Å². The maximum absolute atomic E-state index is 14.0. The van der Waals surface area contributed by atoms with Crippen LogP contribution in [-0.4, -0.2) is 73.9 Å². The van der Waals surface area contributed by atoms with Gasteiger partial charge in [-0.1, -0.05) is 52.0 Å². The normalized spacial score (nSPS) is 29.6. The summed E-state index contributed by atoms with van der Waals surface area (Å²) >= 11 is 0. The van der Waals surface area contributed by atoms with E-state index in [4.69, 9.17) is 9.47 Å². The van der Waals surface area contributed by atoms with Gasteiger partial charge in [-0.15, -0.1) is 5.10 Å². The van der Waals surface area contributed by atoms with Gasteiger partial charge in [0.25, 0.3) is 0 Å². The molecule has 0 aliphatic carbocycles. The lowest BCUT2D eigenvalue weighted by molar-refractivity contribution is -0.167. The molecule has 1 N–H and O–H groups in total. The Morgan fingerprint density at radius 1 is 1.04 bits per heavy atom. The Kier molecular flexibility index (Phi) is 12.4. The maximum atomic E-state index is 14.0. The lowest BCUT2D eigenvalue weighted by Gasteiger charge is -2.41. The number of alkyl halides is 3. The van der Waals surface area contributed by atoms with Crippen molar-refractivity contribution in [2.45, 2.75) is 118 Å². The second kappa shape index (κ2) is 16.0. The molecule has 3 heterocycles. The van der Waals surface area contributed by atoms with Crippen LogP contribution in [0.25, 0.3) is 11.3 Å². The zero-order valence-corrected chi connectivity index (χ0v) is 30.7. The molecule has 1 aromatic heterocycles. The Morgan fingerprint density at radius 2 is 1.71 bits per heavy atom. The van der Waals surface area contributed by atoms with Crippen LogP contribution in [-0.2, 0) is 30.4 Å². The van der Waals surface area contributed by atoms with E-state index in [1.165, 1.54) is 18.2 Å². The first kappa shape index (κ1) is 39.6. The van der Waals surface area contributed by atoms with Crippen LogP contribution >= 0.6 is 0 Å². The van der Waals surface area contributed by atoms with Gasteiger partial charge in [0.05, 0.1) is 18.0 Å². The summed E-state index contributed by atoms with van der Waals surface area (Å²) in [7, 11) is 0. The standard InChI is InChI=1S/C37H50F3N5O6/c1-9-30-36(8)33(25(6)32(47)23(4)18-21(2)17-22(3)31(46)24(5)26(7)50-30)45(35(49)51-36)16-11-10-15-44-20-29(42-43-44)27-13-12-14-28(19-27)41-34(48)37(38,39)40/h12-14,19-23,25,30,33H,9-11,15-18H2,1-8H3,(H,41,48)/b26-24-. The number of unbranched alkanes of at least 4 members (excludes halogenated alkanes) is 1. The molecule has 0 bridgehead atoms. The first-order chi connectivity index (χ1) is 23.9. The van der Waals surface area contributed by atoms with Crippen molar-refractivity contribution in [1.82, 2.24) is 19.9 Å². The van der Waals surface area contributed by atoms with Gasteiger partial charge in [0.2, 0.25) is 0 Å². The van der Waals surface area contributed by atoms with Crippen LogP contribution in [0.2, 0.25) is 0 Å². The molecule has 0 spiro atoms. The SMILES string of the molecule is CCC1O/C(C)=C(/C)C(=O)C(C)CC(C)CC(C)C(=O)C(C)C2N(CCCCn3cc(-c4cccc(NC(=O)C(F)(F)F)c4)nn3)C(=O)OC12C. The average molecular weight is 718 g/mol. The number of hydrogen-bond acceptors (Lipinski definition) is 8. The number of ketones is 2. The third-order valence-corrected chi connectivity index (χ3v) is 10.3. The number of allylic oxidation sites excluding steroid dienone is 2. The molecule has 0 saturated carbocycles. The predicted octanol–water partition coefficient (Wildman–Crippen LogP) is 7.37. The monoisotopic (exact) mass is 717 g/mol. The number of fused-ring (bicyclic) bond motifs is 1. The first-order valence-electron chi connectivity index (χ1n) is 17.7. The molecule has 11 nitrogen and oxygen atoms in total. The second-order valence-electron chi connectivity index (χ2n) is 14.4. The lowest BCUT2D eigenvalue weighted by atomic mass is 9.75. The Bertz CT molecular complexity index is 1640. The third kappa shape index (κ3) is 8.99. The van der Waals surface area contributed by atoms with E-state index < -0.39 is 41.8 Å². The van der Waals surface area contributed by atoms with Crippen molar-refractivity contribution >= 4 is 29.3 Å². The van der Waals surface area contributed by atoms with E-state index >= 15 is 0 Å². The van der Waals surface area contributed by atoms with Crippen molar-refractivity contribution in [3.63, 3.8) is 0 Å². The number of hydrogen-bond donors (Lipinski definition) is 1. The van der Waals surface area contributed by atoms with E-state index in [9.17, 15) is 32.3 Å². The van der Waals surface area contributed by atoms with Gasteiger partial charge in [0, 0.05) is 47.7 Å². The molecular formula is C37H50F3N5O6. The minimum atomic E-state index is -5.01. The van der Waals surface area contributed by atoms with Crippen LogP contribution in [0, 0.1) is 23.7 Å². The van der Waals surface area contributed by atoms with E-state index in [0.717, 1.165) is 0 Å². The number of aryl methyl sites for hydroxylation is 1. The molecule has 1 aromatic carbocycles. The molecule has 0 radical (unpaired) electrons. The molecule has 1 fully saturated rings. The highest BCUT2D eigenvalue weighted by atomic mass is 19.4. The van der Waals surface area contributed by atoms with E-state index in [1.807, 2.05) is 39.9 Å². The van der Waals surface area contributed by atoms with Crippen LogP contribution in [0.5, 0.6) is 0 Å². The highest BCUT2D eigenvalue weighted by Crippen LogP contribution is 2.42. The van der Waals surface area contributed by atoms with Crippen molar-refractivity contribution in [2.75, 3.05) is 11.9 Å². The number of rotatable bonds is 8. The van der Waals surface area contributed by atoms with Gasteiger partial charge < -0.3 is 19.7 Å². The highest BCUT2D eigenvalue weighted by molar-refractivity contribution is 5.97. The van der Waals surface area contributed by atoms with E-state index in [2.05, 4.69) is 17.2 Å². The molecule has 7 atom stereocenters. The maximum Gasteiger partial charge on any atom is 0.471 e. The van der Waals surface area contributed by atoms with Crippen molar-refractivity contribution in [2.24, 2.45) is 23.7 Å². The quantitative estimate of drug-likeness (QED) is 0.280. The summed E-state index contributed by atoms with van der Waals surface area (Å²) in [6.45, 7) is 15.8. The Balaban J connectivity index is 1.51. The van der Waals surface area contributed by atoms with E-state index in [0.29, 0.717) is 67.8 Å². The van der Waals surface area contributed by atoms with Crippen molar-refractivity contribution in [1.29, 1.82) is 0 Å². The molecule has 2 aliphatic rings. The predicted molar refractivity (Wildman–Crippen MR) is 184 cm³/mol. The number of amides is 2. The van der Waals surface area contributed by atoms with Gasteiger partial charge in [-0.3, -0.25) is 19.1 Å². The molecule has 51 heavy (non-hydrogen) atoms. The van der Waals surface area contributed by atoms with Crippen LogP contribution in [0.4, 0.5) is 23.7 Å². The lowest BCUT2D eigenvalue weighted by Crippen LogP contribution is -2.57. The van der Waals surface area contributed by atoms with Gasteiger partial charge in [-0.25, -0.2) is 4.79 Å². The molecular weight excluding hydrogens is 667 g/mol. The molecule has 4 rings (SSSR count). The smallest absolute Gasteiger partial charge is 0.471 e. The molecule has 2 amide bonds. The summed E-state index contributed by atoms with van der Waals surface area (Å²) in [6.07, 6.45) is -1.62. The minimum Gasteiger partial charge on any atom is -0.490 e. The van der Waals surface area contributed by atoms with Gasteiger partial charge in [0.15, 0.2) is 11.4 Å². The average Bonchev–Trinajstić information content (AvgIpc) is 3.64. The number of ether oxygens (including phenoxy) is 2. The Morgan fingerprint density at radius 3 is 2.37 bits per heavy atom. The number of aromatic nitrogens is 3. The summed E-state index contributed by atoms with van der Waals surface area (Å²) in [4.78, 5) is 53.9. The second-order valence-corrected chi connectivity index (χ2v) is 14.4. The number of halogens is 3. The molecule has 7 unspecified atom stereocenters. The van der Waals surface area contributed by atoms with Crippen molar-refractivity contribution < 1.29 is 41.8 Å². The molecule has 1 saturated heterocycles. The van der Waals surface area contributed by atoms with Gasteiger partial charge >= 0.3 is 18.2 Å². The van der Waals surface area contributed by atoms with Crippen LogP contribution in [0.15, 0.2) is 41.8 Å². The largest absolute Gasteiger partial charge is 0.490 e. The summed E-state index contributed by atoms with van der Waals surface area (Å²) in [5.74, 6) is -2.47. The number of carbonyl (C=O) groups is 4. The fourth-order valence-corrected chi connectivity index (χ4v) is 7.62. The Labute approximate surface area is 297 Å². The number of benzene rings is 1. The number of nitrogens with zero attached hydrogens (tertiary/aromatic N) is 4. The van der Waals surface area contributed by atoms with Crippen LogP contribution < -0.4 is 5.32 Å². The topological polar surface area (TPSA) is 133 Å². The molecule has 2 aromatic rings. The minimum absolute atomic E-state index is 0.00723. The number of Topliss-reactive ketones (excluding diaryl/α,β-unsaturated/α-hetero) is 2. The van der Waals surface area contributed by atoms with E-state index in [-0.39, 0.29) is 35.0 Å². The number of carbonyl (C=O) groups excluding carboxylic acids is 4. The zero-order chi connectivity index (χ0) is 37.8. The fourth-order valence-electron chi connectivity index (χ4n) is 7.62. The number of nitrogens with one attached hydrogen (secondary N) is 1. The van der Waals surface area contributed by atoms with Crippen LogP contribution in [0.1, 0.15) is 87.5 Å². The van der Waals surface area contributed by atoms with Gasteiger partial charge in [-0.2, -0.15) is 13.2 Å². The molecule has 2 aliphatic heterocycles. The first-order valence-corrected chi connectivity index (χ1v) is 17.7. The Hall–Kier alpha value is -4.23. The number of anilines is 1. The van der Waals surface area contributed by atoms with Gasteiger partial charge in [-0.05, 0) is 70.9 Å². The third-order valence-electron chi connectivity index (χ3n) is 10.3. The van der Waals surface area contributed by atoms with Crippen molar-refractivity contribution in [3.8, 4) is 11.3 Å². The fraction of sp³-hybridized carbons (Fsp3) is 0.622. The van der Waals surface area contributed by atoms with Gasteiger partial charge in [0.1, 0.15) is 17.6 Å². The van der Waals surface area contributed by atoms with E-state index in [1.54, 1.807) is 35.7 Å². The summed E-state index contributed by atoms with van der Waals surface area (Å²) in [5.41, 5.74) is 0.225. The van der Waals surface area contributed by atoms with Crippen LogP contribution in [0.3, 0.4) is 0 Å². The summed E-state index contributed by atoms with van der Waals surface area (Å²) in [6, 6.07) is 5.27. The summed E-state index contributed by atoms with van der Waals surface area (Å²) < 4.78 is 52.3.